The Morgan fingerprint density at radius 1 is 0.917 bits per heavy atom. The van der Waals surface area contributed by atoms with Gasteiger partial charge in [0.2, 0.25) is 35.4 Å². The molecule has 2 aliphatic heterocycles. The van der Waals surface area contributed by atoms with Gasteiger partial charge in [-0.2, -0.15) is 0 Å². The third-order valence-corrected chi connectivity index (χ3v) is 15.5. The molecule has 72 heavy (non-hydrogen) atoms. The molecule has 2 bridgehead atoms. The van der Waals surface area contributed by atoms with E-state index >= 15 is 0 Å². The predicted molar refractivity (Wildman–Crippen MR) is 275 cm³/mol. The Labute approximate surface area is 427 Å². The van der Waals surface area contributed by atoms with Crippen LogP contribution in [0.1, 0.15) is 112 Å². The second-order valence-corrected chi connectivity index (χ2v) is 21.2. The summed E-state index contributed by atoms with van der Waals surface area (Å²) in [6, 6.07) is 2.17. The minimum Gasteiger partial charge on any atom is -0.394 e. The van der Waals surface area contributed by atoms with Crippen molar-refractivity contribution in [2.45, 2.75) is 173 Å². The van der Waals surface area contributed by atoms with Crippen LogP contribution in [0.2, 0.25) is 0 Å². The molecule has 0 spiro atoms. The van der Waals surface area contributed by atoms with Gasteiger partial charge in [-0.05, 0) is 99.8 Å². The summed E-state index contributed by atoms with van der Waals surface area (Å²) in [7, 11) is 6.79. The maximum Gasteiger partial charge on any atom is 0.312 e. The lowest BCUT2D eigenvalue weighted by molar-refractivity contribution is -0.148. The van der Waals surface area contributed by atoms with Crippen LogP contribution in [0.3, 0.4) is 0 Å². The first kappa shape index (κ1) is 59.7. The van der Waals surface area contributed by atoms with E-state index in [1.165, 1.54) is 7.11 Å². The van der Waals surface area contributed by atoms with Crippen LogP contribution < -0.4 is 38.1 Å². The maximum absolute atomic E-state index is 14.4. The molecule has 0 aromatic heterocycles. The van der Waals surface area contributed by atoms with Crippen molar-refractivity contribution in [1.29, 1.82) is 0 Å². The Morgan fingerprint density at radius 2 is 1.62 bits per heavy atom. The lowest BCUT2D eigenvalue weighted by Gasteiger charge is -2.41. The smallest absolute Gasteiger partial charge is 0.312 e. The minimum absolute atomic E-state index is 0.0204. The molecule has 1 aliphatic carbocycles. The number of aliphatic hydroxyl groups excluding tert-OH is 1. The van der Waals surface area contributed by atoms with Crippen LogP contribution >= 0.6 is 0 Å². The largest absolute Gasteiger partial charge is 0.394 e. The van der Waals surface area contributed by atoms with Crippen LogP contribution in [-0.2, 0) is 44.7 Å². The number of nitrogens with two attached hydrogens (primary N) is 2. The van der Waals surface area contributed by atoms with Crippen LogP contribution in [0.4, 0.5) is 10.5 Å². The summed E-state index contributed by atoms with van der Waals surface area (Å²) < 4.78 is 12.1. The average Bonchev–Trinajstić information content (AvgIpc) is 4.11. The van der Waals surface area contributed by atoms with Crippen LogP contribution in [0, 0.1) is 29.6 Å². The highest BCUT2D eigenvalue weighted by molar-refractivity contribution is 5.98. The molecule has 20 heteroatoms. The van der Waals surface area contributed by atoms with E-state index in [0.29, 0.717) is 49.5 Å². The number of rotatable bonds is 28. The molecule has 3 aliphatic rings. The molecule has 3 fully saturated rings. The summed E-state index contributed by atoms with van der Waals surface area (Å²) >= 11 is 0. The number of hydrogen-bond donors (Lipinski definition) is 8. The minimum atomic E-state index is -0.963. The number of nitrogens with one attached hydrogen (secondary N) is 5. The zero-order chi connectivity index (χ0) is 53.6. The van der Waals surface area contributed by atoms with Gasteiger partial charge in [0.25, 0.3) is 0 Å². The molecule has 1 aromatic rings. The number of nitrogens with zero attached hydrogens (tertiary/aromatic N) is 3. The number of carbonyl (C=O) groups is 7. The molecule has 10 N–H and O–H groups in total. The van der Waals surface area contributed by atoms with Gasteiger partial charge in [0.1, 0.15) is 12.1 Å². The van der Waals surface area contributed by atoms with E-state index in [2.05, 4.69) is 31.5 Å². The normalized spacial score (nSPS) is 22.5. The Kier molecular flexibility index (Phi) is 23.2. The highest BCUT2D eigenvalue weighted by atomic mass is 16.5. The number of aliphatic hydroxyl groups is 1. The molecule has 0 radical (unpaired) electrons. The van der Waals surface area contributed by atoms with Gasteiger partial charge < -0.3 is 62.4 Å². The fraction of sp³-hybridized carbons (Fsp3) is 0.750. The Balaban J connectivity index is 1.41. The quantitative estimate of drug-likeness (QED) is 0.0561. The molecule has 9 unspecified atom stereocenters. The SMILES string of the molecule is CCC(C)C(C(CC(=O)N1CCC[C@H]1C(OC)C(C)C(=O)NC(CO)Cc1cccc(NC(=O)C(CCCNC(N)=O)NC(=O)C(N)C(C)C)c1)OC)N(C)C(=O)C(NC(=O)[C@@H]1[C@H]2CC[C@H](C2)N1C)C(C)C. The number of methoxy groups -OCH3 is 2. The standard InChI is InChI=1S/C52H88N10O10/c1-12-31(6)44(61(9)51(69)43(30(4)5)59-50(68)45-34-20-21-37(26-34)60(45)8)40(71-10)27-41(64)62-23-15-19-39(62)46(72-11)32(7)47(65)57-36(28-63)25-33-16-13-17-35(24-33)56-48(66)38(18-14-22-55-52(54)70)58-49(67)42(53)29(2)3/h13,16-17,24,29-32,34,36-40,42-46,63H,12,14-15,18-23,25-28,53H2,1-11H3,(H,56,66)(H,57,65)(H,58,67)(H,59,68)(H3,54,55,70)/t31?,32?,34-,36?,37+,38?,39-,40?,42?,43?,44?,45-,46?/m0/s1. The van der Waals surface area contributed by atoms with Crippen molar-refractivity contribution in [1.82, 2.24) is 36.0 Å². The number of piperidine rings is 1. The van der Waals surface area contributed by atoms with Gasteiger partial charge in [-0.25, -0.2) is 4.79 Å². The maximum atomic E-state index is 14.4. The summed E-state index contributed by atoms with van der Waals surface area (Å²) in [6.07, 6.45) is 4.48. The molecule has 2 saturated heterocycles. The molecule has 4 rings (SSSR count). The molecule has 8 amide bonds. The number of amides is 8. The molecule has 2 heterocycles. The van der Waals surface area contributed by atoms with Crippen molar-refractivity contribution in [2.75, 3.05) is 53.3 Å². The molecule has 1 saturated carbocycles. The zero-order valence-electron chi connectivity index (χ0n) is 44.8. The second kappa shape index (κ2) is 28.0. The Morgan fingerprint density at radius 3 is 2.21 bits per heavy atom. The molecule has 20 nitrogen and oxygen atoms in total. The van der Waals surface area contributed by atoms with Crippen LogP contribution in [-0.4, -0.2) is 170 Å². The lowest BCUT2D eigenvalue weighted by Crippen LogP contribution is -2.60. The number of hydrogen-bond acceptors (Lipinski definition) is 12. The van der Waals surface area contributed by atoms with Crippen molar-refractivity contribution in [3.8, 4) is 0 Å². The number of benzene rings is 1. The predicted octanol–water partition coefficient (Wildman–Crippen LogP) is 2.11. The summed E-state index contributed by atoms with van der Waals surface area (Å²) in [5.41, 5.74) is 12.4. The lowest BCUT2D eigenvalue weighted by atomic mass is 9.89. The van der Waals surface area contributed by atoms with E-state index in [9.17, 15) is 38.7 Å². The van der Waals surface area contributed by atoms with E-state index < -0.39 is 72.2 Å². The summed E-state index contributed by atoms with van der Waals surface area (Å²) in [6.45, 7) is 13.5. The number of likely N-dealkylation sites (tertiary alicyclic amines) is 2. The summed E-state index contributed by atoms with van der Waals surface area (Å²) in [5, 5.41) is 24.6. The van der Waals surface area contributed by atoms with Crippen LogP contribution in [0.15, 0.2) is 24.3 Å². The number of carbonyl (C=O) groups excluding carboxylic acids is 7. The van der Waals surface area contributed by atoms with E-state index in [-0.39, 0.29) is 85.8 Å². The fourth-order valence-corrected chi connectivity index (χ4v) is 11.0. The van der Waals surface area contributed by atoms with Gasteiger partial charge in [-0.15, -0.1) is 0 Å². The highest BCUT2D eigenvalue weighted by Crippen LogP contribution is 2.41. The van der Waals surface area contributed by atoms with Crippen molar-refractivity contribution in [3.05, 3.63) is 29.8 Å². The van der Waals surface area contributed by atoms with E-state index in [1.807, 2.05) is 34.7 Å². The average molecular weight is 1010 g/mol. The van der Waals surface area contributed by atoms with Crippen molar-refractivity contribution < 1.29 is 48.1 Å². The molecular weight excluding hydrogens is 925 g/mol. The van der Waals surface area contributed by atoms with E-state index in [1.54, 1.807) is 69.0 Å². The highest BCUT2D eigenvalue weighted by Gasteiger charge is 2.49. The Bertz CT molecular complexity index is 1990. The molecule has 13 atom stereocenters. The van der Waals surface area contributed by atoms with Gasteiger partial charge in [0, 0.05) is 46.1 Å². The number of fused-ring (bicyclic) bond motifs is 2. The van der Waals surface area contributed by atoms with Gasteiger partial charge >= 0.3 is 6.03 Å². The Hall–Kier alpha value is -4.89. The van der Waals surface area contributed by atoms with Gasteiger partial charge in [-0.3, -0.25) is 33.7 Å². The van der Waals surface area contributed by atoms with Gasteiger partial charge in [0.05, 0.1) is 61.4 Å². The van der Waals surface area contributed by atoms with Crippen LogP contribution in [0.5, 0.6) is 0 Å². The second-order valence-electron chi connectivity index (χ2n) is 21.2. The van der Waals surface area contributed by atoms with Gasteiger partial charge in [0.15, 0.2) is 0 Å². The first-order valence-electron chi connectivity index (χ1n) is 26.1. The van der Waals surface area contributed by atoms with Crippen molar-refractivity contribution in [3.63, 3.8) is 0 Å². The molecular formula is C52H88N10O10. The van der Waals surface area contributed by atoms with E-state index in [4.69, 9.17) is 20.9 Å². The fourth-order valence-electron chi connectivity index (χ4n) is 11.0. The number of anilines is 1. The summed E-state index contributed by atoms with van der Waals surface area (Å²) in [5.74, 6) is -2.75. The topological polar surface area (TPSA) is 280 Å². The third-order valence-electron chi connectivity index (χ3n) is 15.5. The van der Waals surface area contributed by atoms with Crippen molar-refractivity contribution >= 4 is 47.2 Å². The number of ether oxygens (including phenoxy) is 2. The van der Waals surface area contributed by atoms with Crippen LogP contribution in [0.25, 0.3) is 0 Å². The van der Waals surface area contributed by atoms with E-state index in [0.717, 1.165) is 19.3 Å². The third kappa shape index (κ3) is 15.6. The molecule has 1 aromatic carbocycles. The van der Waals surface area contributed by atoms with Crippen molar-refractivity contribution in [2.24, 2.45) is 41.1 Å². The van der Waals surface area contributed by atoms with Gasteiger partial charge in [-0.1, -0.05) is 67.0 Å². The zero-order valence-corrected chi connectivity index (χ0v) is 44.8. The molecule has 406 valence electrons. The number of urea groups is 1. The number of primary amides is 1. The first-order valence-corrected chi connectivity index (χ1v) is 26.1. The monoisotopic (exact) mass is 1010 g/mol. The number of likely N-dealkylation sites (N-methyl/N-ethyl adjacent to an activating group) is 2. The first-order chi connectivity index (χ1) is 34.1. The summed E-state index contributed by atoms with van der Waals surface area (Å²) in [4.78, 5) is 99.7.